The van der Waals surface area contributed by atoms with E-state index in [4.69, 9.17) is 0 Å². The quantitative estimate of drug-likeness (QED) is 0.746. The van der Waals surface area contributed by atoms with E-state index in [2.05, 4.69) is 27.8 Å². The summed E-state index contributed by atoms with van der Waals surface area (Å²) in [5.74, 6) is 0. The number of aryl methyl sites for hydroxylation is 1. The number of nitrogens with one attached hydrogen (secondary N) is 2. The molecule has 0 aliphatic carbocycles. The number of carbonyl (C=O) groups is 1. The molecule has 3 rings (SSSR count). The summed E-state index contributed by atoms with van der Waals surface area (Å²) in [4.78, 5) is 16.2. The molecular formula is C18H17N3OS. The highest BCUT2D eigenvalue weighted by molar-refractivity contribution is 7.09. The Morgan fingerprint density at radius 1 is 1.04 bits per heavy atom. The highest BCUT2D eigenvalue weighted by Gasteiger charge is 2.04. The van der Waals surface area contributed by atoms with Gasteiger partial charge in [0.15, 0.2) is 0 Å². The second-order valence-electron chi connectivity index (χ2n) is 5.13. The molecule has 5 heteroatoms. The molecule has 0 atom stereocenters. The number of amides is 2. The monoisotopic (exact) mass is 323 g/mol. The van der Waals surface area contributed by atoms with Gasteiger partial charge >= 0.3 is 6.03 Å². The van der Waals surface area contributed by atoms with Gasteiger partial charge in [0.25, 0.3) is 0 Å². The van der Waals surface area contributed by atoms with Gasteiger partial charge in [-0.1, -0.05) is 42.5 Å². The van der Waals surface area contributed by atoms with Crippen LogP contribution in [-0.4, -0.2) is 11.0 Å². The second kappa shape index (κ2) is 7.07. The van der Waals surface area contributed by atoms with E-state index in [0.717, 1.165) is 27.5 Å². The van der Waals surface area contributed by atoms with Gasteiger partial charge in [0, 0.05) is 16.8 Å². The Kier molecular flexibility index (Phi) is 4.68. The number of hydrogen-bond donors (Lipinski definition) is 2. The molecule has 116 valence electrons. The first-order valence-corrected chi connectivity index (χ1v) is 8.20. The number of aromatic nitrogens is 1. The summed E-state index contributed by atoms with van der Waals surface area (Å²) < 4.78 is 0. The van der Waals surface area contributed by atoms with Crippen LogP contribution in [-0.2, 0) is 6.54 Å². The van der Waals surface area contributed by atoms with Crippen LogP contribution in [0.15, 0.2) is 60.0 Å². The minimum Gasteiger partial charge on any atom is -0.331 e. The Morgan fingerprint density at radius 2 is 1.74 bits per heavy atom. The van der Waals surface area contributed by atoms with Crippen LogP contribution in [0.5, 0.6) is 0 Å². The number of nitrogens with zero attached hydrogens (tertiary/aromatic N) is 1. The molecule has 0 unspecified atom stereocenters. The Hall–Kier alpha value is -2.66. The van der Waals surface area contributed by atoms with E-state index in [9.17, 15) is 4.79 Å². The lowest BCUT2D eigenvalue weighted by atomic mass is 10.1. The number of urea groups is 1. The zero-order valence-electron chi connectivity index (χ0n) is 12.7. The molecule has 1 aromatic heterocycles. The first-order chi connectivity index (χ1) is 11.2. The molecule has 0 saturated carbocycles. The van der Waals surface area contributed by atoms with Crippen molar-refractivity contribution in [1.29, 1.82) is 0 Å². The average molecular weight is 323 g/mol. The predicted octanol–water partition coefficient (Wildman–Crippen LogP) is 4.44. The van der Waals surface area contributed by atoms with E-state index in [0.29, 0.717) is 6.54 Å². The normalized spacial score (nSPS) is 10.3. The van der Waals surface area contributed by atoms with Crippen molar-refractivity contribution in [1.82, 2.24) is 10.3 Å². The van der Waals surface area contributed by atoms with Crippen LogP contribution < -0.4 is 10.6 Å². The number of thiazole rings is 1. The molecule has 0 aliphatic heterocycles. The van der Waals surface area contributed by atoms with Crippen molar-refractivity contribution in [3.05, 3.63) is 70.7 Å². The lowest BCUT2D eigenvalue weighted by Crippen LogP contribution is -2.28. The van der Waals surface area contributed by atoms with Gasteiger partial charge in [-0.2, -0.15) is 0 Å². The molecule has 2 aromatic carbocycles. The fraction of sp³-hybridized carbons (Fsp3) is 0.111. The first-order valence-electron chi connectivity index (χ1n) is 7.32. The topological polar surface area (TPSA) is 54.0 Å². The maximum absolute atomic E-state index is 11.9. The van der Waals surface area contributed by atoms with E-state index in [1.165, 1.54) is 0 Å². The van der Waals surface area contributed by atoms with Gasteiger partial charge in [-0.05, 0) is 30.2 Å². The molecule has 0 fully saturated rings. The summed E-state index contributed by atoms with van der Waals surface area (Å²) in [6.07, 6.45) is 0. The van der Waals surface area contributed by atoms with E-state index >= 15 is 0 Å². The summed E-state index contributed by atoms with van der Waals surface area (Å²) in [5.41, 5.74) is 4.01. The van der Waals surface area contributed by atoms with Crippen LogP contribution in [0.1, 0.15) is 10.7 Å². The lowest BCUT2D eigenvalue weighted by Gasteiger charge is -2.07. The SMILES string of the molecule is Cc1csc(CNC(=O)Nc2ccc(-c3ccccc3)cc2)n1. The average Bonchev–Trinajstić information content (AvgIpc) is 3.00. The van der Waals surface area contributed by atoms with E-state index < -0.39 is 0 Å². The third kappa shape index (κ3) is 4.17. The van der Waals surface area contributed by atoms with E-state index in [1.807, 2.05) is 54.8 Å². The van der Waals surface area contributed by atoms with Crippen molar-refractivity contribution in [3.8, 4) is 11.1 Å². The highest BCUT2D eigenvalue weighted by atomic mass is 32.1. The maximum atomic E-state index is 11.9. The summed E-state index contributed by atoms with van der Waals surface area (Å²) in [6.45, 7) is 2.38. The van der Waals surface area contributed by atoms with Gasteiger partial charge in [-0.3, -0.25) is 0 Å². The molecule has 0 saturated heterocycles. The van der Waals surface area contributed by atoms with Gasteiger partial charge in [-0.25, -0.2) is 9.78 Å². The number of rotatable bonds is 4. The first kappa shape index (κ1) is 15.2. The molecule has 0 aliphatic rings. The molecule has 0 bridgehead atoms. The number of anilines is 1. The van der Waals surface area contributed by atoms with Crippen molar-refractivity contribution in [3.63, 3.8) is 0 Å². The van der Waals surface area contributed by atoms with Gasteiger partial charge in [0.1, 0.15) is 5.01 Å². The fourth-order valence-electron chi connectivity index (χ4n) is 2.19. The molecular weight excluding hydrogens is 306 g/mol. The van der Waals surface area contributed by atoms with E-state index in [-0.39, 0.29) is 6.03 Å². The zero-order chi connectivity index (χ0) is 16.1. The molecule has 4 nitrogen and oxygen atoms in total. The molecule has 0 radical (unpaired) electrons. The van der Waals surface area contributed by atoms with Gasteiger partial charge in [0.2, 0.25) is 0 Å². The molecule has 2 amide bonds. The van der Waals surface area contributed by atoms with Crippen LogP contribution in [0.25, 0.3) is 11.1 Å². The number of benzene rings is 2. The van der Waals surface area contributed by atoms with Crippen molar-refractivity contribution in [2.45, 2.75) is 13.5 Å². The van der Waals surface area contributed by atoms with Crippen LogP contribution in [0.3, 0.4) is 0 Å². The minimum absolute atomic E-state index is 0.231. The number of carbonyl (C=O) groups excluding carboxylic acids is 1. The molecule has 3 aromatic rings. The largest absolute Gasteiger partial charge is 0.331 e. The number of hydrogen-bond acceptors (Lipinski definition) is 3. The van der Waals surface area contributed by atoms with Crippen molar-refractivity contribution in [2.75, 3.05) is 5.32 Å². The van der Waals surface area contributed by atoms with Crippen LogP contribution in [0.4, 0.5) is 10.5 Å². The molecule has 1 heterocycles. The predicted molar refractivity (Wildman–Crippen MR) is 94.6 cm³/mol. The third-order valence-electron chi connectivity index (χ3n) is 3.32. The third-order valence-corrected chi connectivity index (χ3v) is 4.28. The van der Waals surface area contributed by atoms with E-state index in [1.54, 1.807) is 11.3 Å². The lowest BCUT2D eigenvalue weighted by molar-refractivity contribution is 0.251. The van der Waals surface area contributed by atoms with Crippen LogP contribution >= 0.6 is 11.3 Å². The van der Waals surface area contributed by atoms with Crippen molar-refractivity contribution >= 4 is 23.1 Å². The molecule has 23 heavy (non-hydrogen) atoms. The smallest absolute Gasteiger partial charge is 0.319 e. The summed E-state index contributed by atoms with van der Waals surface area (Å²) in [5, 5.41) is 8.50. The molecule has 2 N–H and O–H groups in total. The van der Waals surface area contributed by atoms with Crippen molar-refractivity contribution in [2.24, 2.45) is 0 Å². The summed E-state index contributed by atoms with van der Waals surface area (Å²) in [7, 11) is 0. The minimum atomic E-state index is -0.231. The second-order valence-corrected chi connectivity index (χ2v) is 6.08. The maximum Gasteiger partial charge on any atom is 0.319 e. The Balaban J connectivity index is 1.56. The Bertz CT molecular complexity index is 782. The van der Waals surface area contributed by atoms with Gasteiger partial charge < -0.3 is 10.6 Å². The van der Waals surface area contributed by atoms with Gasteiger partial charge in [0.05, 0.1) is 6.54 Å². The zero-order valence-corrected chi connectivity index (χ0v) is 13.6. The Morgan fingerprint density at radius 3 is 2.39 bits per heavy atom. The van der Waals surface area contributed by atoms with Gasteiger partial charge in [-0.15, -0.1) is 11.3 Å². The highest BCUT2D eigenvalue weighted by Crippen LogP contribution is 2.20. The standard InChI is InChI=1S/C18H17N3OS/c1-13-12-23-17(20-13)11-19-18(22)21-16-9-7-15(8-10-16)14-5-3-2-4-6-14/h2-10,12H,11H2,1H3,(H2,19,21,22). The van der Waals surface area contributed by atoms with Crippen molar-refractivity contribution < 1.29 is 4.79 Å². The fourth-order valence-corrected chi connectivity index (χ4v) is 2.90. The Labute approximate surface area is 139 Å². The van der Waals surface area contributed by atoms with Crippen LogP contribution in [0.2, 0.25) is 0 Å². The molecule has 0 spiro atoms. The summed E-state index contributed by atoms with van der Waals surface area (Å²) >= 11 is 1.54. The summed E-state index contributed by atoms with van der Waals surface area (Å²) in [6, 6.07) is 17.7. The van der Waals surface area contributed by atoms with Crippen LogP contribution in [0, 0.1) is 6.92 Å².